The highest BCUT2D eigenvalue weighted by molar-refractivity contribution is 6.33. The van der Waals surface area contributed by atoms with E-state index in [1.165, 1.54) is 0 Å². The van der Waals surface area contributed by atoms with Crippen LogP contribution in [0.3, 0.4) is 0 Å². The molecular formula is C14H13Cl2NO2. The van der Waals surface area contributed by atoms with Gasteiger partial charge in [-0.3, -0.25) is 0 Å². The van der Waals surface area contributed by atoms with Crippen molar-refractivity contribution in [3.05, 3.63) is 52.0 Å². The van der Waals surface area contributed by atoms with Crippen LogP contribution in [0, 0.1) is 0 Å². The summed E-state index contributed by atoms with van der Waals surface area (Å²) in [6.45, 7) is 0.302. The lowest BCUT2D eigenvalue weighted by molar-refractivity contribution is 0.307. The number of methoxy groups -OCH3 is 1. The first-order valence-electron chi connectivity index (χ1n) is 5.60. The third-order valence-corrected chi connectivity index (χ3v) is 3.21. The van der Waals surface area contributed by atoms with E-state index in [0.29, 0.717) is 33.8 Å². The number of hydrogen-bond donors (Lipinski definition) is 1. The second kappa shape index (κ2) is 6.04. The Morgan fingerprint density at radius 2 is 1.89 bits per heavy atom. The summed E-state index contributed by atoms with van der Waals surface area (Å²) in [5.41, 5.74) is 7.19. The Hall–Kier alpha value is -1.58. The van der Waals surface area contributed by atoms with Crippen LogP contribution in [0.1, 0.15) is 5.56 Å². The van der Waals surface area contributed by atoms with Crippen molar-refractivity contribution in [2.75, 3.05) is 12.8 Å². The van der Waals surface area contributed by atoms with E-state index in [1.54, 1.807) is 43.5 Å². The summed E-state index contributed by atoms with van der Waals surface area (Å²) in [7, 11) is 1.58. The average molecular weight is 298 g/mol. The van der Waals surface area contributed by atoms with Gasteiger partial charge in [0.25, 0.3) is 0 Å². The molecule has 0 spiro atoms. The van der Waals surface area contributed by atoms with Gasteiger partial charge >= 0.3 is 0 Å². The first kappa shape index (κ1) is 13.8. The third kappa shape index (κ3) is 3.46. The van der Waals surface area contributed by atoms with Gasteiger partial charge in [-0.1, -0.05) is 23.2 Å². The Morgan fingerprint density at radius 3 is 2.58 bits per heavy atom. The predicted octanol–water partition coefficient (Wildman–Crippen LogP) is 4.16. The predicted molar refractivity (Wildman–Crippen MR) is 78.2 cm³/mol. The number of hydrogen-bond acceptors (Lipinski definition) is 3. The Bertz CT molecular complexity index is 588. The molecule has 0 aromatic heterocycles. The maximum Gasteiger partial charge on any atom is 0.142 e. The Kier molecular flexibility index (Phi) is 4.40. The number of anilines is 1. The zero-order valence-corrected chi connectivity index (χ0v) is 11.8. The monoisotopic (exact) mass is 297 g/mol. The molecule has 0 saturated heterocycles. The van der Waals surface area contributed by atoms with Crippen LogP contribution in [0.4, 0.5) is 5.69 Å². The fourth-order valence-electron chi connectivity index (χ4n) is 1.59. The van der Waals surface area contributed by atoms with E-state index in [4.69, 9.17) is 38.4 Å². The van der Waals surface area contributed by atoms with Gasteiger partial charge in [0.1, 0.15) is 18.1 Å². The van der Waals surface area contributed by atoms with Crippen LogP contribution < -0.4 is 15.2 Å². The van der Waals surface area contributed by atoms with Crippen molar-refractivity contribution in [1.29, 1.82) is 0 Å². The molecule has 0 aliphatic carbocycles. The number of benzene rings is 2. The summed E-state index contributed by atoms with van der Waals surface area (Å²) in [4.78, 5) is 0. The van der Waals surface area contributed by atoms with E-state index in [2.05, 4.69) is 0 Å². The number of ether oxygens (including phenoxy) is 2. The molecule has 2 rings (SSSR count). The van der Waals surface area contributed by atoms with E-state index in [0.717, 1.165) is 5.56 Å². The second-order valence-corrected chi connectivity index (χ2v) is 4.77. The van der Waals surface area contributed by atoms with Gasteiger partial charge in [-0.25, -0.2) is 0 Å². The Morgan fingerprint density at radius 1 is 1.11 bits per heavy atom. The molecule has 5 heteroatoms. The topological polar surface area (TPSA) is 44.5 Å². The van der Waals surface area contributed by atoms with Gasteiger partial charge in [-0.2, -0.15) is 0 Å². The highest BCUT2D eigenvalue weighted by Gasteiger charge is 2.06. The summed E-state index contributed by atoms with van der Waals surface area (Å²) in [5, 5.41) is 1.22. The van der Waals surface area contributed by atoms with Gasteiger partial charge in [0.2, 0.25) is 0 Å². The minimum Gasteiger partial charge on any atom is -0.497 e. The number of nitrogen functional groups attached to an aromatic ring is 1. The van der Waals surface area contributed by atoms with Gasteiger partial charge in [0, 0.05) is 21.7 Å². The van der Waals surface area contributed by atoms with Crippen LogP contribution in [0.2, 0.25) is 10.0 Å². The normalized spacial score (nSPS) is 10.3. The van der Waals surface area contributed by atoms with E-state index in [9.17, 15) is 0 Å². The molecule has 2 aromatic carbocycles. The second-order valence-electron chi connectivity index (χ2n) is 3.93. The maximum atomic E-state index is 6.06. The minimum atomic E-state index is 0.302. The number of rotatable bonds is 4. The van der Waals surface area contributed by atoms with Crippen molar-refractivity contribution in [1.82, 2.24) is 0 Å². The molecule has 0 atom stereocenters. The van der Waals surface area contributed by atoms with Crippen molar-refractivity contribution in [3.8, 4) is 11.5 Å². The third-order valence-electron chi connectivity index (χ3n) is 2.61. The van der Waals surface area contributed by atoms with Gasteiger partial charge in [-0.05, 0) is 30.3 Å². The van der Waals surface area contributed by atoms with Crippen LogP contribution in [-0.4, -0.2) is 7.11 Å². The molecule has 0 bridgehead atoms. The van der Waals surface area contributed by atoms with Crippen LogP contribution in [0.25, 0.3) is 0 Å². The van der Waals surface area contributed by atoms with Crippen LogP contribution >= 0.6 is 23.2 Å². The summed E-state index contributed by atoms with van der Waals surface area (Å²) in [6.07, 6.45) is 0. The molecule has 0 heterocycles. The minimum absolute atomic E-state index is 0.302. The molecule has 0 radical (unpaired) electrons. The largest absolute Gasteiger partial charge is 0.497 e. The maximum absolute atomic E-state index is 6.06. The number of halogens is 2. The number of nitrogens with two attached hydrogens (primary N) is 1. The lowest BCUT2D eigenvalue weighted by Gasteiger charge is -2.11. The van der Waals surface area contributed by atoms with Gasteiger partial charge in [0.15, 0.2) is 0 Å². The van der Waals surface area contributed by atoms with Crippen molar-refractivity contribution >= 4 is 28.9 Å². The molecule has 0 fully saturated rings. The average Bonchev–Trinajstić information content (AvgIpc) is 2.40. The van der Waals surface area contributed by atoms with Crippen molar-refractivity contribution in [3.63, 3.8) is 0 Å². The molecule has 0 aliphatic rings. The molecule has 0 saturated carbocycles. The quantitative estimate of drug-likeness (QED) is 0.862. The van der Waals surface area contributed by atoms with E-state index < -0.39 is 0 Å². The van der Waals surface area contributed by atoms with Crippen molar-refractivity contribution in [2.24, 2.45) is 0 Å². The van der Waals surface area contributed by atoms with Gasteiger partial charge < -0.3 is 15.2 Å². The SMILES string of the molecule is COc1ccc(OCc2cc(Cl)ccc2Cl)c(N)c1. The van der Waals surface area contributed by atoms with E-state index in [-0.39, 0.29) is 0 Å². The lowest BCUT2D eigenvalue weighted by Crippen LogP contribution is -1.99. The van der Waals surface area contributed by atoms with E-state index >= 15 is 0 Å². The zero-order chi connectivity index (χ0) is 13.8. The van der Waals surface area contributed by atoms with Crippen LogP contribution in [0.15, 0.2) is 36.4 Å². The highest BCUT2D eigenvalue weighted by atomic mass is 35.5. The summed E-state index contributed by atoms with van der Waals surface area (Å²) < 4.78 is 10.7. The first-order valence-corrected chi connectivity index (χ1v) is 6.36. The molecule has 0 unspecified atom stereocenters. The summed E-state index contributed by atoms with van der Waals surface area (Å²) in [5.74, 6) is 1.27. The molecule has 19 heavy (non-hydrogen) atoms. The summed E-state index contributed by atoms with van der Waals surface area (Å²) >= 11 is 12.0. The molecular weight excluding hydrogens is 285 g/mol. The Balaban J connectivity index is 2.12. The molecule has 0 amide bonds. The molecule has 3 nitrogen and oxygen atoms in total. The van der Waals surface area contributed by atoms with Crippen LogP contribution in [-0.2, 0) is 6.61 Å². The molecule has 2 aromatic rings. The highest BCUT2D eigenvalue weighted by Crippen LogP contribution is 2.28. The first-order chi connectivity index (χ1) is 9.10. The van der Waals surface area contributed by atoms with Crippen LogP contribution in [0.5, 0.6) is 11.5 Å². The van der Waals surface area contributed by atoms with Gasteiger partial charge in [-0.15, -0.1) is 0 Å². The van der Waals surface area contributed by atoms with Crippen molar-refractivity contribution in [2.45, 2.75) is 6.61 Å². The fraction of sp³-hybridized carbons (Fsp3) is 0.143. The Labute approximate surface area is 121 Å². The molecule has 100 valence electrons. The molecule has 2 N–H and O–H groups in total. The van der Waals surface area contributed by atoms with Crippen molar-refractivity contribution < 1.29 is 9.47 Å². The van der Waals surface area contributed by atoms with E-state index in [1.807, 2.05) is 0 Å². The molecule has 0 aliphatic heterocycles. The fourth-order valence-corrected chi connectivity index (χ4v) is 1.96. The standard InChI is InChI=1S/C14H13Cl2NO2/c1-18-11-3-5-14(13(17)7-11)19-8-9-6-10(15)2-4-12(9)16/h2-7H,8,17H2,1H3. The summed E-state index contributed by atoms with van der Waals surface area (Å²) in [6, 6.07) is 10.5. The smallest absolute Gasteiger partial charge is 0.142 e. The zero-order valence-electron chi connectivity index (χ0n) is 10.3. The lowest BCUT2D eigenvalue weighted by atomic mass is 10.2. The van der Waals surface area contributed by atoms with Gasteiger partial charge in [0.05, 0.1) is 12.8 Å².